The summed E-state index contributed by atoms with van der Waals surface area (Å²) in [6, 6.07) is 15.8. The van der Waals surface area contributed by atoms with Gasteiger partial charge < -0.3 is 10.4 Å². The van der Waals surface area contributed by atoms with E-state index in [0.29, 0.717) is 37.5 Å². The number of pyridine rings is 2. The van der Waals surface area contributed by atoms with E-state index in [1.54, 1.807) is 30.6 Å². The lowest BCUT2D eigenvalue weighted by atomic mass is 9.96. The van der Waals surface area contributed by atoms with Crippen molar-refractivity contribution < 1.29 is 5.11 Å². The number of anilines is 1. The molecule has 0 spiro atoms. The lowest BCUT2D eigenvalue weighted by molar-refractivity contribution is 0.471. The summed E-state index contributed by atoms with van der Waals surface area (Å²) in [5.74, 6) is 0.645. The number of hydrogen-bond donors (Lipinski definition) is 2. The Hall–Kier alpha value is -2.53. The third kappa shape index (κ3) is 3.59. The van der Waals surface area contributed by atoms with Crippen molar-refractivity contribution in [2.45, 2.75) is 6.04 Å². The van der Waals surface area contributed by atoms with E-state index < -0.39 is 6.04 Å². The maximum Gasteiger partial charge on any atom is 0.147 e. The number of phenols is 1. The van der Waals surface area contributed by atoms with E-state index in [2.05, 4.69) is 15.3 Å². The molecule has 4 aromatic rings. The maximum absolute atomic E-state index is 10.9. The number of phenolic OH excluding ortho intramolecular Hbond substituents is 1. The Balaban J connectivity index is 1.89. The van der Waals surface area contributed by atoms with Crippen LogP contribution in [0.15, 0.2) is 67.0 Å². The molecule has 2 aromatic heterocycles. The summed E-state index contributed by atoms with van der Waals surface area (Å²) in [5.41, 5.74) is 1.82. The average Bonchev–Trinajstić information content (AvgIpc) is 2.71. The molecular formula is C21H14Cl3N3O. The van der Waals surface area contributed by atoms with Gasteiger partial charge in [-0.3, -0.25) is 4.98 Å². The van der Waals surface area contributed by atoms with Crippen molar-refractivity contribution in [3.63, 3.8) is 0 Å². The van der Waals surface area contributed by atoms with Crippen molar-refractivity contribution in [1.29, 1.82) is 0 Å². The number of hydrogen-bond acceptors (Lipinski definition) is 4. The van der Waals surface area contributed by atoms with Crippen LogP contribution in [0.25, 0.3) is 10.9 Å². The third-order valence-corrected chi connectivity index (χ3v) is 5.46. The predicted octanol–water partition coefficient (Wildman–Crippen LogP) is 6.50. The van der Waals surface area contributed by atoms with Gasteiger partial charge in [0, 0.05) is 23.3 Å². The Morgan fingerprint density at radius 3 is 2.50 bits per heavy atom. The van der Waals surface area contributed by atoms with Gasteiger partial charge in [-0.2, -0.15) is 0 Å². The summed E-state index contributed by atoms with van der Waals surface area (Å²) in [4.78, 5) is 8.60. The fraction of sp³-hybridized carbons (Fsp3) is 0.0476. The highest BCUT2D eigenvalue weighted by atomic mass is 35.5. The van der Waals surface area contributed by atoms with Crippen molar-refractivity contribution in [1.82, 2.24) is 9.97 Å². The first-order chi connectivity index (χ1) is 13.5. The molecule has 7 heteroatoms. The topological polar surface area (TPSA) is 58.0 Å². The van der Waals surface area contributed by atoms with Crippen LogP contribution in [0.1, 0.15) is 17.2 Å². The summed E-state index contributed by atoms with van der Waals surface area (Å²) in [7, 11) is 0. The van der Waals surface area contributed by atoms with Crippen molar-refractivity contribution >= 4 is 51.5 Å². The second-order valence-corrected chi connectivity index (χ2v) is 7.38. The number of aromatic nitrogens is 2. The molecule has 0 bridgehead atoms. The Morgan fingerprint density at radius 2 is 1.71 bits per heavy atom. The molecule has 2 N–H and O–H groups in total. The van der Waals surface area contributed by atoms with Crippen LogP contribution >= 0.6 is 34.8 Å². The largest absolute Gasteiger partial charge is 0.505 e. The summed E-state index contributed by atoms with van der Waals surface area (Å²) in [6.07, 6.45) is 3.18. The molecule has 0 saturated carbocycles. The van der Waals surface area contributed by atoms with E-state index >= 15 is 0 Å². The van der Waals surface area contributed by atoms with E-state index in [4.69, 9.17) is 34.8 Å². The summed E-state index contributed by atoms with van der Waals surface area (Å²) >= 11 is 18.7. The molecule has 2 heterocycles. The summed E-state index contributed by atoms with van der Waals surface area (Å²) < 4.78 is 0. The van der Waals surface area contributed by atoms with Gasteiger partial charge in [0.1, 0.15) is 17.1 Å². The first kappa shape index (κ1) is 18.8. The Labute approximate surface area is 176 Å². The van der Waals surface area contributed by atoms with Crippen LogP contribution in [0, 0.1) is 0 Å². The Kier molecular flexibility index (Phi) is 5.27. The van der Waals surface area contributed by atoms with Crippen LogP contribution in [-0.4, -0.2) is 15.1 Å². The minimum absolute atomic E-state index is 0.0700. The van der Waals surface area contributed by atoms with Gasteiger partial charge in [0.25, 0.3) is 0 Å². The highest BCUT2D eigenvalue weighted by molar-refractivity contribution is 6.42. The minimum atomic E-state index is -0.508. The van der Waals surface area contributed by atoms with Crippen molar-refractivity contribution in [3.8, 4) is 5.75 Å². The van der Waals surface area contributed by atoms with Crippen LogP contribution in [0.2, 0.25) is 15.1 Å². The molecule has 0 fully saturated rings. The molecule has 1 unspecified atom stereocenters. The SMILES string of the molecule is Oc1c(C(Nc2ccc(Cl)cn2)c2cccc(Cl)c2Cl)ccc2cccnc12. The van der Waals surface area contributed by atoms with Gasteiger partial charge in [0.2, 0.25) is 0 Å². The fourth-order valence-corrected chi connectivity index (χ4v) is 3.58. The van der Waals surface area contributed by atoms with Gasteiger partial charge in [-0.1, -0.05) is 65.1 Å². The lowest BCUT2D eigenvalue weighted by Gasteiger charge is -2.23. The Bertz CT molecular complexity index is 1150. The molecule has 140 valence electrons. The normalized spacial score (nSPS) is 12.1. The maximum atomic E-state index is 10.9. The van der Waals surface area contributed by atoms with Crippen LogP contribution < -0.4 is 5.32 Å². The van der Waals surface area contributed by atoms with Gasteiger partial charge in [-0.15, -0.1) is 0 Å². The molecule has 1 atom stereocenters. The van der Waals surface area contributed by atoms with Gasteiger partial charge in [0.05, 0.1) is 21.1 Å². The summed E-state index contributed by atoms with van der Waals surface area (Å²) in [6.45, 7) is 0. The van der Waals surface area contributed by atoms with Gasteiger partial charge >= 0.3 is 0 Å². The second-order valence-electron chi connectivity index (χ2n) is 6.16. The van der Waals surface area contributed by atoms with Gasteiger partial charge in [-0.05, 0) is 29.8 Å². The molecule has 0 amide bonds. The van der Waals surface area contributed by atoms with E-state index in [1.807, 2.05) is 36.4 Å². The number of halogens is 3. The highest BCUT2D eigenvalue weighted by Crippen LogP contribution is 2.40. The third-order valence-electron chi connectivity index (χ3n) is 4.40. The molecule has 2 aromatic carbocycles. The molecule has 0 saturated heterocycles. The van der Waals surface area contributed by atoms with Gasteiger partial charge in [0.15, 0.2) is 0 Å². The second kappa shape index (κ2) is 7.84. The van der Waals surface area contributed by atoms with Crippen LogP contribution in [0.4, 0.5) is 5.82 Å². The highest BCUT2D eigenvalue weighted by Gasteiger charge is 2.23. The predicted molar refractivity (Wildman–Crippen MR) is 115 cm³/mol. The quantitative estimate of drug-likeness (QED) is 0.388. The molecule has 0 aliphatic heterocycles. The summed E-state index contributed by atoms with van der Waals surface area (Å²) in [5, 5.41) is 16.4. The number of aromatic hydroxyl groups is 1. The van der Waals surface area contributed by atoms with Gasteiger partial charge in [-0.25, -0.2) is 4.98 Å². The Morgan fingerprint density at radius 1 is 0.857 bits per heavy atom. The molecule has 4 rings (SSSR count). The van der Waals surface area contributed by atoms with Crippen LogP contribution in [-0.2, 0) is 0 Å². The lowest BCUT2D eigenvalue weighted by Crippen LogP contribution is -2.14. The smallest absolute Gasteiger partial charge is 0.147 e. The molecule has 28 heavy (non-hydrogen) atoms. The molecule has 0 aliphatic carbocycles. The van der Waals surface area contributed by atoms with E-state index in [9.17, 15) is 5.11 Å². The van der Waals surface area contributed by atoms with Crippen LogP contribution in [0.3, 0.4) is 0 Å². The first-order valence-corrected chi connectivity index (χ1v) is 9.56. The monoisotopic (exact) mass is 429 g/mol. The average molecular weight is 431 g/mol. The fourth-order valence-electron chi connectivity index (χ4n) is 3.05. The number of benzene rings is 2. The number of rotatable bonds is 4. The number of nitrogens with zero attached hydrogens (tertiary/aromatic N) is 2. The van der Waals surface area contributed by atoms with E-state index in [-0.39, 0.29) is 5.75 Å². The molecule has 0 aliphatic rings. The van der Waals surface area contributed by atoms with Crippen molar-refractivity contribution in [3.05, 3.63) is 93.2 Å². The zero-order valence-electron chi connectivity index (χ0n) is 14.4. The minimum Gasteiger partial charge on any atom is -0.505 e. The first-order valence-electron chi connectivity index (χ1n) is 8.43. The molecule has 0 radical (unpaired) electrons. The number of fused-ring (bicyclic) bond motifs is 1. The zero-order valence-corrected chi connectivity index (χ0v) is 16.7. The van der Waals surface area contributed by atoms with Crippen LogP contribution in [0.5, 0.6) is 5.75 Å². The van der Waals surface area contributed by atoms with E-state index in [1.165, 1.54) is 0 Å². The van der Waals surface area contributed by atoms with Crippen molar-refractivity contribution in [2.24, 2.45) is 0 Å². The van der Waals surface area contributed by atoms with Crippen molar-refractivity contribution in [2.75, 3.05) is 5.32 Å². The zero-order chi connectivity index (χ0) is 19.7. The molecule has 4 nitrogen and oxygen atoms in total. The molecular weight excluding hydrogens is 417 g/mol. The number of nitrogens with one attached hydrogen (secondary N) is 1. The van der Waals surface area contributed by atoms with E-state index in [0.717, 1.165) is 5.39 Å². The standard InChI is InChI=1S/C21H14Cl3N3O/c22-13-7-9-17(26-11-13)27-20(14-4-1-5-16(23)18(14)24)15-8-6-12-3-2-10-25-19(12)21(15)28/h1-11,20,28H,(H,26,27).